The number of rotatable bonds is 4. The van der Waals surface area contributed by atoms with E-state index in [1.54, 1.807) is 42.5 Å². The highest BCUT2D eigenvalue weighted by molar-refractivity contribution is 9.10. The largest absolute Gasteiger partial charge is 0.502 e. The van der Waals surface area contributed by atoms with Crippen LogP contribution in [0.2, 0.25) is 0 Å². The van der Waals surface area contributed by atoms with E-state index >= 15 is 0 Å². The van der Waals surface area contributed by atoms with Crippen LogP contribution in [0.5, 0.6) is 11.5 Å². The van der Waals surface area contributed by atoms with E-state index in [9.17, 15) is 9.90 Å². The number of hydrogen-bond acceptors (Lipinski definition) is 4. The monoisotopic (exact) mass is 422 g/mol. The van der Waals surface area contributed by atoms with Crippen LogP contribution in [0.1, 0.15) is 5.56 Å². The van der Waals surface area contributed by atoms with E-state index in [1.807, 2.05) is 30.3 Å². The van der Waals surface area contributed by atoms with Crippen molar-refractivity contribution in [2.75, 3.05) is 0 Å². The van der Waals surface area contributed by atoms with E-state index in [0.717, 1.165) is 10.0 Å². The molecule has 0 amide bonds. The lowest BCUT2D eigenvalue weighted by Crippen LogP contribution is -2.02. The maximum atomic E-state index is 12.4. The Balaban J connectivity index is 1.63. The molecule has 0 radical (unpaired) electrons. The summed E-state index contributed by atoms with van der Waals surface area (Å²) in [6, 6.07) is 22.1. The summed E-state index contributed by atoms with van der Waals surface area (Å²) in [5.41, 5.74) is 1.63. The van der Waals surface area contributed by atoms with Gasteiger partial charge in [0.2, 0.25) is 11.2 Å². The van der Waals surface area contributed by atoms with Crippen LogP contribution in [0.25, 0.3) is 22.3 Å². The first-order chi connectivity index (χ1) is 13.1. The molecule has 0 aliphatic carbocycles. The maximum absolute atomic E-state index is 12.4. The molecule has 0 aliphatic rings. The lowest BCUT2D eigenvalue weighted by molar-refractivity contribution is 0.306. The summed E-state index contributed by atoms with van der Waals surface area (Å²) in [4.78, 5) is 12.4. The van der Waals surface area contributed by atoms with Gasteiger partial charge >= 0.3 is 0 Å². The van der Waals surface area contributed by atoms with E-state index in [4.69, 9.17) is 9.15 Å². The van der Waals surface area contributed by atoms with Gasteiger partial charge in [-0.2, -0.15) is 0 Å². The van der Waals surface area contributed by atoms with Crippen molar-refractivity contribution >= 4 is 26.9 Å². The van der Waals surface area contributed by atoms with Gasteiger partial charge in [0, 0.05) is 10.0 Å². The minimum atomic E-state index is -0.461. The third kappa shape index (κ3) is 3.59. The Bertz CT molecular complexity index is 1150. The third-order valence-corrected chi connectivity index (χ3v) is 4.69. The molecule has 0 unspecified atom stereocenters. The molecule has 3 aromatic carbocycles. The van der Waals surface area contributed by atoms with Crippen molar-refractivity contribution in [2.24, 2.45) is 0 Å². The van der Waals surface area contributed by atoms with Gasteiger partial charge in [-0.1, -0.05) is 46.3 Å². The van der Waals surface area contributed by atoms with Gasteiger partial charge in [-0.15, -0.1) is 0 Å². The van der Waals surface area contributed by atoms with Crippen LogP contribution in [0, 0.1) is 0 Å². The quantitative estimate of drug-likeness (QED) is 0.471. The summed E-state index contributed by atoms with van der Waals surface area (Å²) >= 11 is 3.32. The molecule has 0 atom stereocenters. The summed E-state index contributed by atoms with van der Waals surface area (Å²) in [5.74, 6) is 0.428. The lowest BCUT2D eigenvalue weighted by atomic mass is 10.1. The number of halogens is 1. The number of hydrogen-bond donors (Lipinski definition) is 1. The zero-order valence-electron chi connectivity index (χ0n) is 14.2. The first-order valence-corrected chi connectivity index (χ1v) is 9.13. The molecule has 0 saturated carbocycles. The molecule has 0 bridgehead atoms. The maximum Gasteiger partial charge on any atom is 0.235 e. The van der Waals surface area contributed by atoms with Gasteiger partial charge in [0.05, 0.1) is 5.39 Å². The predicted molar refractivity (Wildman–Crippen MR) is 108 cm³/mol. The fourth-order valence-corrected chi connectivity index (χ4v) is 3.16. The number of fused-ring (bicyclic) bond motifs is 1. The molecule has 1 heterocycles. The minimum absolute atomic E-state index is 0.143. The average molecular weight is 423 g/mol. The van der Waals surface area contributed by atoms with Crippen LogP contribution in [0.4, 0.5) is 0 Å². The Morgan fingerprint density at radius 3 is 2.44 bits per heavy atom. The first-order valence-electron chi connectivity index (χ1n) is 8.34. The molecule has 27 heavy (non-hydrogen) atoms. The molecule has 0 saturated heterocycles. The summed E-state index contributed by atoms with van der Waals surface area (Å²) in [7, 11) is 0. The normalized spacial score (nSPS) is 10.9. The Morgan fingerprint density at radius 2 is 1.70 bits per heavy atom. The molecule has 0 aliphatic heterocycles. The second-order valence-electron chi connectivity index (χ2n) is 6.05. The predicted octanol–water partition coefficient (Wildman–Crippen LogP) is 5.51. The van der Waals surface area contributed by atoms with E-state index in [0.29, 0.717) is 28.9 Å². The van der Waals surface area contributed by atoms with Gasteiger partial charge in [-0.3, -0.25) is 4.79 Å². The molecule has 4 aromatic rings. The fraction of sp³-hybridized carbons (Fsp3) is 0.0455. The van der Waals surface area contributed by atoms with Crippen LogP contribution in [-0.2, 0) is 6.61 Å². The van der Waals surface area contributed by atoms with E-state index in [-0.39, 0.29) is 5.76 Å². The molecule has 4 nitrogen and oxygen atoms in total. The second-order valence-corrected chi connectivity index (χ2v) is 6.96. The van der Waals surface area contributed by atoms with Gasteiger partial charge < -0.3 is 14.3 Å². The van der Waals surface area contributed by atoms with Crippen molar-refractivity contribution in [1.82, 2.24) is 0 Å². The Kier molecular flexibility index (Phi) is 4.69. The molecule has 0 spiro atoms. The van der Waals surface area contributed by atoms with Crippen molar-refractivity contribution < 1.29 is 14.3 Å². The van der Waals surface area contributed by atoms with Crippen molar-refractivity contribution in [3.8, 4) is 22.8 Å². The van der Waals surface area contributed by atoms with Crippen LogP contribution in [0.3, 0.4) is 0 Å². The molecule has 4 rings (SSSR count). The zero-order chi connectivity index (χ0) is 18.8. The van der Waals surface area contributed by atoms with Crippen molar-refractivity contribution in [2.45, 2.75) is 6.61 Å². The summed E-state index contributed by atoms with van der Waals surface area (Å²) < 4.78 is 12.3. The smallest absolute Gasteiger partial charge is 0.235 e. The van der Waals surface area contributed by atoms with Crippen LogP contribution in [0.15, 0.2) is 86.5 Å². The number of benzene rings is 3. The fourth-order valence-electron chi connectivity index (χ4n) is 2.80. The van der Waals surface area contributed by atoms with Crippen molar-refractivity contribution in [3.05, 3.63) is 93.1 Å². The Morgan fingerprint density at radius 1 is 0.963 bits per heavy atom. The highest BCUT2D eigenvalue weighted by atomic mass is 79.9. The van der Waals surface area contributed by atoms with E-state index in [1.165, 1.54) is 0 Å². The van der Waals surface area contributed by atoms with Gasteiger partial charge in [-0.05, 0) is 48.0 Å². The highest BCUT2D eigenvalue weighted by Crippen LogP contribution is 2.32. The van der Waals surface area contributed by atoms with E-state index in [2.05, 4.69) is 15.9 Å². The Labute approximate surface area is 163 Å². The van der Waals surface area contributed by atoms with Gasteiger partial charge in [0.25, 0.3) is 0 Å². The lowest BCUT2D eigenvalue weighted by Gasteiger charge is -2.09. The number of aromatic hydroxyl groups is 1. The number of ether oxygens (including phenoxy) is 1. The molecule has 1 aromatic heterocycles. The minimum Gasteiger partial charge on any atom is -0.502 e. The van der Waals surface area contributed by atoms with E-state index < -0.39 is 11.2 Å². The molecular formula is C22H15BrO4. The van der Waals surface area contributed by atoms with Gasteiger partial charge in [-0.25, -0.2) is 0 Å². The summed E-state index contributed by atoms with van der Waals surface area (Å²) in [6.07, 6.45) is 0. The van der Waals surface area contributed by atoms with Gasteiger partial charge in [0.15, 0.2) is 5.76 Å². The summed E-state index contributed by atoms with van der Waals surface area (Å²) in [6.45, 7) is 0.464. The Hall–Kier alpha value is -3.05. The van der Waals surface area contributed by atoms with Crippen LogP contribution < -0.4 is 10.2 Å². The van der Waals surface area contributed by atoms with Crippen LogP contribution in [-0.4, -0.2) is 5.11 Å². The molecule has 1 N–H and O–H groups in total. The molecule has 0 fully saturated rings. The molecule has 5 heteroatoms. The average Bonchev–Trinajstić information content (AvgIpc) is 2.71. The van der Waals surface area contributed by atoms with Gasteiger partial charge in [0.1, 0.15) is 17.9 Å². The summed E-state index contributed by atoms with van der Waals surface area (Å²) in [5, 5.41) is 10.6. The standard InChI is InChI=1S/C22H15BrO4/c23-16-8-11-19-18(12-16)20(24)21(25)22(27-19)15-6-9-17(10-7-15)26-13-14-4-2-1-3-5-14/h1-12,25H,13H2. The van der Waals surface area contributed by atoms with Crippen LogP contribution >= 0.6 is 15.9 Å². The SMILES string of the molecule is O=c1c(O)c(-c2ccc(OCc3ccccc3)cc2)oc2ccc(Br)cc12. The highest BCUT2D eigenvalue weighted by Gasteiger charge is 2.15. The topological polar surface area (TPSA) is 59.7 Å². The van der Waals surface area contributed by atoms with Crippen molar-refractivity contribution in [1.29, 1.82) is 0 Å². The second kappa shape index (κ2) is 7.29. The third-order valence-electron chi connectivity index (χ3n) is 4.19. The molecular weight excluding hydrogens is 408 g/mol. The van der Waals surface area contributed by atoms with Crippen molar-refractivity contribution in [3.63, 3.8) is 0 Å². The molecule has 134 valence electrons. The first kappa shape index (κ1) is 17.4. The zero-order valence-corrected chi connectivity index (χ0v) is 15.8.